The lowest BCUT2D eigenvalue weighted by Gasteiger charge is -2.31. The summed E-state index contributed by atoms with van der Waals surface area (Å²) in [5.74, 6) is 1.38. The number of piperidine rings is 1. The molecular weight excluding hydrogens is 332 g/mol. The highest BCUT2D eigenvalue weighted by Crippen LogP contribution is 2.19. The highest BCUT2D eigenvalue weighted by Gasteiger charge is 2.27. The van der Waals surface area contributed by atoms with Gasteiger partial charge >= 0.3 is 0 Å². The predicted octanol–water partition coefficient (Wildman–Crippen LogP) is 2.86. The van der Waals surface area contributed by atoms with Gasteiger partial charge in [0.15, 0.2) is 0 Å². The minimum absolute atomic E-state index is 0.0668. The van der Waals surface area contributed by atoms with Crippen molar-refractivity contribution in [2.75, 3.05) is 32.8 Å². The number of hydrogen-bond acceptors (Lipinski definition) is 4. The third kappa shape index (κ3) is 4.67. The second kappa shape index (κ2) is 8.71. The van der Waals surface area contributed by atoms with Crippen LogP contribution in [0.2, 0.25) is 0 Å². The minimum atomic E-state index is -0.0770. The standard InChI is InChI=1S/C20H30N2O4/c1-15-5-9-21(10-6-15)19(23)7-11-22(14-17-4-3-12-26-17)20(24)18-8-13-25-16(18)2/h8,13,15,17H,3-7,9-12,14H2,1-2H3. The molecule has 1 unspecified atom stereocenters. The summed E-state index contributed by atoms with van der Waals surface area (Å²) in [6.07, 6.45) is 6.10. The van der Waals surface area contributed by atoms with Gasteiger partial charge in [-0.25, -0.2) is 0 Å². The fourth-order valence-corrected chi connectivity index (χ4v) is 3.73. The van der Waals surface area contributed by atoms with Crippen LogP contribution in [0.1, 0.15) is 55.1 Å². The number of likely N-dealkylation sites (tertiary alicyclic amines) is 1. The van der Waals surface area contributed by atoms with Gasteiger partial charge in [0.25, 0.3) is 5.91 Å². The van der Waals surface area contributed by atoms with Crippen LogP contribution in [0, 0.1) is 12.8 Å². The molecule has 3 heterocycles. The Morgan fingerprint density at radius 2 is 2.04 bits per heavy atom. The molecule has 0 radical (unpaired) electrons. The van der Waals surface area contributed by atoms with Gasteiger partial charge < -0.3 is 19.0 Å². The fraction of sp³-hybridized carbons (Fsp3) is 0.700. The van der Waals surface area contributed by atoms with E-state index in [1.54, 1.807) is 17.9 Å². The first-order valence-corrected chi connectivity index (χ1v) is 9.77. The highest BCUT2D eigenvalue weighted by atomic mass is 16.5. The number of nitrogens with zero attached hydrogens (tertiary/aromatic N) is 2. The topological polar surface area (TPSA) is 63.0 Å². The Hall–Kier alpha value is -1.82. The largest absolute Gasteiger partial charge is 0.469 e. The van der Waals surface area contributed by atoms with E-state index in [2.05, 4.69) is 6.92 Å². The molecule has 144 valence electrons. The van der Waals surface area contributed by atoms with E-state index in [0.29, 0.717) is 36.8 Å². The summed E-state index contributed by atoms with van der Waals surface area (Å²) in [7, 11) is 0. The SMILES string of the molecule is Cc1occc1C(=O)N(CCC(=O)N1CCC(C)CC1)CC1CCCO1. The first kappa shape index (κ1) is 19.0. The number of rotatable bonds is 6. The molecule has 6 heteroatoms. The normalized spacial score (nSPS) is 21.2. The summed E-state index contributed by atoms with van der Waals surface area (Å²) >= 11 is 0. The van der Waals surface area contributed by atoms with Gasteiger partial charge in [-0.1, -0.05) is 6.92 Å². The van der Waals surface area contributed by atoms with Crippen molar-refractivity contribution in [3.8, 4) is 0 Å². The third-order valence-corrected chi connectivity index (χ3v) is 5.56. The second-order valence-corrected chi connectivity index (χ2v) is 7.59. The number of furan rings is 1. The quantitative estimate of drug-likeness (QED) is 0.781. The first-order valence-electron chi connectivity index (χ1n) is 9.77. The summed E-state index contributed by atoms with van der Waals surface area (Å²) in [4.78, 5) is 29.2. The molecule has 1 atom stereocenters. The summed E-state index contributed by atoms with van der Waals surface area (Å²) in [6.45, 7) is 7.40. The van der Waals surface area contributed by atoms with Crippen LogP contribution in [0.15, 0.2) is 16.7 Å². The van der Waals surface area contributed by atoms with Crippen LogP contribution in [0.5, 0.6) is 0 Å². The molecule has 0 spiro atoms. The van der Waals surface area contributed by atoms with Crippen molar-refractivity contribution >= 4 is 11.8 Å². The van der Waals surface area contributed by atoms with Crippen molar-refractivity contribution in [1.82, 2.24) is 9.80 Å². The number of aryl methyl sites for hydroxylation is 1. The number of amides is 2. The monoisotopic (exact) mass is 362 g/mol. The molecule has 2 saturated heterocycles. The van der Waals surface area contributed by atoms with E-state index in [4.69, 9.17) is 9.15 Å². The number of carbonyl (C=O) groups excluding carboxylic acids is 2. The van der Waals surface area contributed by atoms with E-state index in [-0.39, 0.29) is 17.9 Å². The maximum Gasteiger partial charge on any atom is 0.257 e. The van der Waals surface area contributed by atoms with Gasteiger partial charge in [0, 0.05) is 39.2 Å². The minimum Gasteiger partial charge on any atom is -0.469 e. The van der Waals surface area contributed by atoms with Crippen LogP contribution in [0.4, 0.5) is 0 Å². The van der Waals surface area contributed by atoms with Gasteiger partial charge in [0.1, 0.15) is 5.76 Å². The molecule has 0 N–H and O–H groups in total. The van der Waals surface area contributed by atoms with Gasteiger partial charge in [0.05, 0.1) is 17.9 Å². The first-order chi connectivity index (χ1) is 12.5. The Kier molecular flexibility index (Phi) is 6.35. The molecule has 2 aliphatic heterocycles. The van der Waals surface area contributed by atoms with E-state index in [1.165, 1.54) is 6.26 Å². The van der Waals surface area contributed by atoms with E-state index in [9.17, 15) is 9.59 Å². The van der Waals surface area contributed by atoms with Crippen molar-refractivity contribution < 1.29 is 18.7 Å². The molecule has 0 saturated carbocycles. The zero-order valence-corrected chi connectivity index (χ0v) is 15.9. The number of hydrogen-bond donors (Lipinski definition) is 0. The maximum absolute atomic E-state index is 12.9. The van der Waals surface area contributed by atoms with Gasteiger partial charge in [-0.15, -0.1) is 0 Å². The maximum atomic E-state index is 12.9. The molecule has 1 aromatic rings. The lowest BCUT2D eigenvalue weighted by atomic mass is 9.99. The van der Waals surface area contributed by atoms with Crippen LogP contribution < -0.4 is 0 Å². The Balaban J connectivity index is 1.60. The fourth-order valence-electron chi connectivity index (χ4n) is 3.73. The van der Waals surface area contributed by atoms with Crippen molar-refractivity contribution in [3.05, 3.63) is 23.7 Å². The molecular formula is C20H30N2O4. The van der Waals surface area contributed by atoms with E-state index in [1.807, 2.05) is 4.90 Å². The zero-order valence-electron chi connectivity index (χ0n) is 15.9. The Morgan fingerprint density at radius 1 is 1.27 bits per heavy atom. The Labute approximate surface area is 155 Å². The molecule has 2 aliphatic rings. The second-order valence-electron chi connectivity index (χ2n) is 7.59. The molecule has 2 fully saturated rings. The van der Waals surface area contributed by atoms with E-state index in [0.717, 1.165) is 45.4 Å². The molecule has 1 aromatic heterocycles. The van der Waals surface area contributed by atoms with Gasteiger partial charge in [-0.05, 0) is 44.6 Å². The Bertz CT molecular complexity index is 613. The summed E-state index contributed by atoms with van der Waals surface area (Å²) < 4.78 is 11.0. The van der Waals surface area contributed by atoms with Crippen LogP contribution >= 0.6 is 0 Å². The van der Waals surface area contributed by atoms with Crippen LogP contribution in [0.3, 0.4) is 0 Å². The predicted molar refractivity (Wildman–Crippen MR) is 97.9 cm³/mol. The lowest BCUT2D eigenvalue weighted by molar-refractivity contribution is -0.132. The smallest absolute Gasteiger partial charge is 0.257 e. The molecule has 0 bridgehead atoms. The van der Waals surface area contributed by atoms with Crippen LogP contribution in [-0.4, -0.2) is 60.5 Å². The molecule has 0 aromatic carbocycles. The van der Waals surface area contributed by atoms with Crippen LogP contribution in [0.25, 0.3) is 0 Å². The molecule has 3 rings (SSSR count). The lowest BCUT2D eigenvalue weighted by Crippen LogP contribution is -2.42. The molecule has 0 aliphatic carbocycles. The third-order valence-electron chi connectivity index (χ3n) is 5.56. The van der Waals surface area contributed by atoms with Crippen molar-refractivity contribution in [1.29, 1.82) is 0 Å². The summed E-state index contributed by atoms with van der Waals surface area (Å²) in [6, 6.07) is 1.70. The summed E-state index contributed by atoms with van der Waals surface area (Å²) in [5.41, 5.74) is 0.572. The molecule has 26 heavy (non-hydrogen) atoms. The van der Waals surface area contributed by atoms with Gasteiger partial charge in [-0.2, -0.15) is 0 Å². The van der Waals surface area contributed by atoms with Crippen molar-refractivity contribution in [2.24, 2.45) is 5.92 Å². The average Bonchev–Trinajstić information content (AvgIpc) is 3.30. The van der Waals surface area contributed by atoms with E-state index >= 15 is 0 Å². The highest BCUT2D eigenvalue weighted by molar-refractivity contribution is 5.95. The van der Waals surface area contributed by atoms with Crippen molar-refractivity contribution in [2.45, 2.75) is 52.1 Å². The van der Waals surface area contributed by atoms with Gasteiger partial charge in [0.2, 0.25) is 5.91 Å². The van der Waals surface area contributed by atoms with Crippen LogP contribution in [-0.2, 0) is 9.53 Å². The van der Waals surface area contributed by atoms with E-state index < -0.39 is 0 Å². The summed E-state index contributed by atoms with van der Waals surface area (Å²) in [5, 5.41) is 0. The van der Waals surface area contributed by atoms with Crippen molar-refractivity contribution in [3.63, 3.8) is 0 Å². The van der Waals surface area contributed by atoms with Gasteiger partial charge in [-0.3, -0.25) is 9.59 Å². The zero-order chi connectivity index (χ0) is 18.5. The average molecular weight is 362 g/mol. The number of ether oxygens (including phenoxy) is 1. The molecule has 2 amide bonds. The number of carbonyl (C=O) groups is 2. The molecule has 6 nitrogen and oxygen atoms in total. The Morgan fingerprint density at radius 3 is 2.65 bits per heavy atom.